The molecule has 4 rings (SSSR count). The van der Waals surface area contributed by atoms with Crippen molar-refractivity contribution in [2.24, 2.45) is 0 Å². The molecule has 1 N–H and O–H groups in total. The van der Waals surface area contributed by atoms with Gasteiger partial charge in [0.1, 0.15) is 16.4 Å². The molecule has 0 bridgehead atoms. The summed E-state index contributed by atoms with van der Waals surface area (Å²) in [5.74, 6) is 1.59. The van der Waals surface area contributed by atoms with E-state index in [0.29, 0.717) is 66.3 Å². The van der Waals surface area contributed by atoms with Crippen LogP contribution in [0.2, 0.25) is 0 Å². The van der Waals surface area contributed by atoms with Crippen molar-refractivity contribution in [3.05, 3.63) is 52.0 Å². The molecule has 0 saturated carbocycles. The smallest absolute Gasteiger partial charge is 0.254 e. The van der Waals surface area contributed by atoms with Crippen LogP contribution in [0.4, 0.5) is 23.0 Å². The lowest BCUT2D eigenvalue weighted by Crippen LogP contribution is -2.48. The SMILES string of the molecule is CCOc1cc(C(=O)N2CCN(C=O)CC2)ccc1Nc1cc(N(C)c2ncsc2C(C)=O)c(C)cn1. The Morgan fingerprint density at radius 2 is 1.95 bits per heavy atom. The fraction of sp³-hybridized carbons (Fsp3) is 0.346. The van der Waals surface area contributed by atoms with Gasteiger partial charge in [-0.3, -0.25) is 14.4 Å². The molecule has 2 aromatic heterocycles. The number of ether oxygens (including phenoxy) is 1. The lowest BCUT2D eigenvalue weighted by atomic mass is 10.1. The van der Waals surface area contributed by atoms with E-state index < -0.39 is 0 Å². The Labute approximate surface area is 219 Å². The van der Waals surface area contributed by atoms with E-state index in [1.165, 1.54) is 18.3 Å². The van der Waals surface area contributed by atoms with Gasteiger partial charge in [0.25, 0.3) is 5.91 Å². The van der Waals surface area contributed by atoms with Gasteiger partial charge in [-0.1, -0.05) is 0 Å². The maximum atomic E-state index is 13.1. The average Bonchev–Trinajstić information content (AvgIpc) is 3.41. The molecule has 0 spiro atoms. The fourth-order valence-electron chi connectivity index (χ4n) is 4.16. The summed E-state index contributed by atoms with van der Waals surface area (Å²) < 4.78 is 5.85. The average molecular weight is 523 g/mol. The summed E-state index contributed by atoms with van der Waals surface area (Å²) in [7, 11) is 1.87. The first-order valence-electron chi connectivity index (χ1n) is 12.0. The lowest BCUT2D eigenvalue weighted by molar-refractivity contribution is -0.119. The number of amides is 2. The number of aryl methyl sites for hydroxylation is 1. The number of aromatic nitrogens is 2. The predicted molar refractivity (Wildman–Crippen MR) is 144 cm³/mol. The standard InChI is InChI=1S/C26H30N6O4S/c1-5-36-22-12-19(26(35)32-10-8-31(16-33)9-11-32)6-7-20(22)29-23-13-21(17(2)14-27-23)30(4)25-24(18(3)34)37-15-28-25/h6-7,12-16H,5,8-11H2,1-4H3,(H,27,29). The number of hydrogen-bond acceptors (Lipinski definition) is 9. The van der Waals surface area contributed by atoms with E-state index in [0.717, 1.165) is 17.7 Å². The van der Waals surface area contributed by atoms with Crippen LogP contribution in [-0.4, -0.2) is 77.7 Å². The second-order valence-corrected chi connectivity index (χ2v) is 9.53. The third-order valence-electron chi connectivity index (χ3n) is 6.16. The van der Waals surface area contributed by atoms with Crippen LogP contribution >= 0.6 is 11.3 Å². The molecule has 0 aliphatic carbocycles. The van der Waals surface area contributed by atoms with Gasteiger partial charge in [-0.2, -0.15) is 0 Å². The van der Waals surface area contributed by atoms with Gasteiger partial charge in [0.2, 0.25) is 6.41 Å². The Kier molecular flexibility index (Phi) is 8.02. The summed E-state index contributed by atoms with van der Waals surface area (Å²) in [4.78, 5) is 50.8. The van der Waals surface area contributed by atoms with Gasteiger partial charge >= 0.3 is 0 Å². The minimum atomic E-state index is -0.0973. The van der Waals surface area contributed by atoms with E-state index in [1.807, 2.05) is 31.9 Å². The number of nitrogens with zero attached hydrogens (tertiary/aromatic N) is 5. The second kappa shape index (κ2) is 11.4. The number of hydrogen-bond donors (Lipinski definition) is 1. The van der Waals surface area contributed by atoms with E-state index >= 15 is 0 Å². The Balaban J connectivity index is 1.57. The zero-order valence-electron chi connectivity index (χ0n) is 21.4. The highest BCUT2D eigenvalue weighted by atomic mass is 32.1. The summed E-state index contributed by atoms with van der Waals surface area (Å²) in [6.45, 7) is 7.84. The molecule has 0 radical (unpaired) electrons. The highest BCUT2D eigenvalue weighted by Gasteiger charge is 2.23. The van der Waals surface area contributed by atoms with Crippen LogP contribution in [0.3, 0.4) is 0 Å². The quantitative estimate of drug-likeness (QED) is 0.333. The molecular weight excluding hydrogens is 492 g/mol. The Bertz CT molecular complexity index is 1300. The molecule has 1 aliphatic heterocycles. The van der Waals surface area contributed by atoms with Crippen molar-refractivity contribution in [3.8, 4) is 5.75 Å². The number of pyridine rings is 1. The molecule has 1 aliphatic rings. The maximum absolute atomic E-state index is 13.1. The van der Waals surface area contributed by atoms with Gasteiger partial charge < -0.3 is 24.8 Å². The highest BCUT2D eigenvalue weighted by molar-refractivity contribution is 7.12. The molecule has 1 saturated heterocycles. The number of carbonyl (C=O) groups excluding carboxylic acids is 3. The highest BCUT2D eigenvalue weighted by Crippen LogP contribution is 2.34. The molecule has 3 aromatic rings. The fourth-order valence-corrected chi connectivity index (χ4v) is 4.88. The van der Waals surface area contributed by atoms with Gasteiger partial charge in [-0.15, -0.1) is 11.3 Å². The second-order valence-electron chi connectivity index (χ2n) is 8.68. The van der Waals surface area contributed by atoms with Crippen molar-refractivity contribution in [2.45, 2.75) is 20.8 Å². The van der Waals surface area contributed by atoms with Crippen molar-refractivity contribution in [3.63, 3.8) is 0 Å². The van der Waals surface area contributed by atoms with Crippen LogP contribution in [-0.2, 0) is 4.79 Å². The van der Waals surface area contributed by atoms with E-state index in [-0.39, 0.29) is 11.7 Å². The number of Topliss-reactive ketones (excluding diaryl/α,β-unsaturated/α-hetero) is 1. The molecule has 37 heavy (non-hydrogen) atoms. The van der Waals surface area contributed by atoms with Crippen LogP contribution < -0.4 is 15.0 Å². The van der Waals surface area contributed by atoms with E-state index in [1.54, 1.807) is 39.7 Å². The molecular formula is C26H30N6O4S. The Hall–Kier alpha value is -3.99. The molecule has 0 unspecified atom stereocenters. The largest absolute Gasteiger partial charge is 0.492 e. The Morgan fingerprint density at radius 3 is 2.62 bits per heavy atom. The van der Waals surface area contributed by atoms with E-state index in [2.05, 4.69) is 15.3 Å². The number of benzene rings is 1. The third-order valence-corrected chi connectivity index (χ3v) is 7.08. The van der Waals surface area contributed by atoms with Crippen molar-refractivity contribution < 1.29 is 19.1 Å². The number of rotatable bonds is 9. The number of ketones is 1. The Morgan fingerprint density at radius 1 is 1.19 bits per heavy atom. The third kappa shape index (κ3) is 5.72. The lowest BCUT2D eigenvalue weighted by Gasteiger charge is -2.32. The first-order chi connectivity index (χ1) is 17.8. The van der Waals surface area contributed by atoms with Gasteiger partial charge in [0.05, 0.1) is 23.5 Å². The normalized spacial score (nSPS) is 13.3. The topological polar surface area (TPSA) is 108 Å². The van der Waals surface area contributed by atoms with Crippen molar-refractivity contribution in [1.82, 2.24) is 19.8 Å². The molecule has 3 heterocycles. The summed E-state index contributed by atoms with van der Waals surface area (Å²) in [5, 5.41) is 3.30. The summed E-state index contributed by atoms with van der Waals surface area (Å²) in [6, 6.07) is 7.18. The van der Waals surface area contributed by atoms with Gasteiger partial charge in [0.15, 0.2) is 11.6 Å². The number of carbonyl (C=O) groups is 3. The maximum Gasteiger partial charge on any atom is 0.254 e. The number of anilines is 4. The van der Waals surface area contributed by atoms with Crippen LogP contribution in [0, 0.1) is 6.92 Å². The van der Waals surface area contributed by atoms with E-state index in [9.17, 15) is 14.4 Å². The van der Waals surface area contributed by atoms with Crippen LogP contribution in [0.1, 0.15) is 39.4 Å². The van der Waals surface area contributed by atoms with Gasteiger partial charge in [-0.05, 0) is 37.6 Å². The minimum absolute atomic E-state index is 0.0315. The van der Waals surface area contributed by atoms with Gasteiger partial charge in [-0.25, -0.2) is 9.97 Å². The van der Waals surface area contributed by atoms with Crippen molar-refractivity contribution in [1.29, 1.82) is 0 Å². The first kappa shape index (κ1) is 26.1. The number of nitrogens with one attached hydrogen (secondary N) is 1. The molecule has 194 valence electrons. The minimum Gasteiger partial charge on any atom is -0.492 e. The number of piperazine rings is 1. The van der Waals surface area contributed by atoms with Crippen molar-refractivity contribution >= 4 is 52.4 Å². The monoisotopic (exact) mass is 522 g/mol. The molecule has 1 aromatic carbocycles. The van der Waals surface area contributed by atoms with Crippen LogP contribution in [0.25, 0.3) is 0 Å². The summed E-state index contributed by atoms with van der Waals surface area (Å²) in [6.07, 6.45) is 2.57. The molecule has 2 amide bonds. The summed E-state index contributed by atoms with van der Waals surface area (Å²) in [5.41, 5.74) is 4.64. The summed E-state index contributed by atoms with van der Waals surface area (Å²) >= 11 is 1.32. The van der Waals surface area contributed by atoms with E-state index in [4.69, 9.17) is 4.74 Å². The van der Waals surface area contributed by atoms with Crippen LogP contribution in [0.5, 0.6) is 5.75 Å². The molecule has 10 nitrogen and oxygen atoms in total. The molecule has 11 heteroatoms. The molecule has 1 fully saturated rings. The molecule has 0 atom stereocenters. The van der Waals surface area contributed by atoms with Gasteiger partial charge in [0, 0.05) is 58.0 Å². The first-order valence-corrected chi connectivity index (χ1v) is 12.9. The van der Waals surface area contributed by atoms with Crippen LogP contribution in [0.15, 0.2) is 36.0 Å². The zero-order valence-corrected chi connectivity index (χ0v) is 22.2. The predicted octanol–water partition coefficient (Wildman–Crippen LogP) is 3.87. The number of thiazole rings is 1. The zero-order chi connectivity index (χ0) is 26.5. The van der Waals surface area contributed by atoms with Crippen molar-refractivity contribution in [2.75, 3.05) is 50.1 Å².